The Morgan fingerprint density at radius 1 is 1.20 bits per heavy atom. The van der Waals surface area contributed by atoms with Gasteiger partial charge in [0.05, 0.1) is 18.2 Å². The summed E-state index contributed by atoms with van der Waals surface area (Å²) in [6.45, 7) is 6.53. The first-order valence-corrected chi connectivity index (χ1v) is 11.1. The molecule has 1 aromatic rings. The normalized spacial score (nSPS) is 19.0. The van der Waals surface area contributed by atoms with Gasteiger partial charge in [0.25, 0.3) is 0 Å². The van der Waals surface area contributed by atoms with Crippen molar-refractivity contribution in [2.75, 3.05) is 26.2 Å². The van der Waals surface area contributed by atoms with Crippen LogP contribution < -0.4 is 10.6 Å². The van der Waals surface area contributed by atoms with Gasteiger partial charge in [-0.1, -0.05) is 19.3 Å². The molecule has 30 heavy (non-hydrogen) atoms. The largest absolute Gasteiger partial charge is 0.357 e. The molecule has 0 aromatic heterocycles. The van der Waals surface area contributed by atoms with Gasteiger partial charge in [-0.05, 0) is 56.7 Å². The van der Waals surface area contributed by atoms with Crippen molar-refractivity contribution in [1.29, 1.82) is 5.26 Å². The molecule has 1 aliphatic heterocycles. The zero-order valence-electron chi connectivity index (χ0n) is 18.0. The molecule has 0 amide bonds. The quantitative estimate of drug-likeness (QED) is 0.327. The zero-order valence-corrected chi connectivity index (χ0v) is 20.3. The fourth-order valence-electron chi connectivity index (χ4n) is 4.44. The molecule has 0 spiro atoms. The minimum absolute atomic E-state index is 0. The summed E-state index contributed by atoms with van der Waals surface area (Å²) in [5, 5.41) is 15.8. The Morgan fingerprint density at radius 3 is 2.60 bits per heavy atom. The summed E-state index contributed by atoms with van der Waals surface area (Å²) >= 11 is 0. The second-order valence-corrected chi connectivity index (χ2v) is 8.34. The molecule has 7 heteroatoms. The number of hydrogen-bond acceptors (Lipinski definition) is 3. The Labute approximate surface area is 197 Å². The first-order valence-electron chi connectivity index (χ1n) is 11.1. The van der Waals surface area contributed by atoms with Crippen LogP contribution in [0.1, 0.15) is 63.0 Å². The van der Waals surface area contributed by atoms with Crippen LogP contribution in [0.15, 0.2) is 23.2 Å². The van der Waals surface area contributed by atoms with Gasteiger partial charge in [-0.2, -0.15) is 5.26 Å². The highest BCUT2D eigenvalue weighted by Crippen LogP contribution is 2.25. The van der Waals surface area contributed by atoms with Gasteiger partial charge in [0.2, 0.25) is 0 Å². The number of likely N-dealkylation sites (tertiary alicyclic amines) is 1. The number of halogens is 2. The Balaban J connectivity index is 0.00000320. The third-order valence-electron chi connectivity index (χ3n) is 6.10. The lowest BCUT2D eigenvalue weighted by atomic mass is 9.88. The van der Waals surface area contributed by atoms with E-state index < -0.39 is 0 Å². The highest BCUT2D eigenvalue weighted by molar-refractivity contribution is 14.0. The minimum Gasteiger partial charge on any atom is -0.357 e. The standard InChI is InChI=1S/C23H34FN5.HI/c1-2-26-23(27-16-20-14-19(15-25)8-9-22(20)24)28-21-10-12-29(13-11-21)17-18-6-4-3-5-7-18;/h8-9,14,18,21H,2-7,10-13,16-17H2,1H3,(H2,26,27,28);1H. The van der Waals surface area contributed by atoms with Crippen LogP contribution in [0.4, 0.5) is 4.39 Å². The molecule has 166 valence electrons. The van der Waals surface area contributed by atoms with Gasteiger partial charge in [0, 0.05) is 37.8 Å². The van der Waals surface area contributed by atoms with E-state index in [4.69, 9.17) is 5.26 Å². The van der Waals surface area contributed by atoms with E-state index in [0.29, 0.717) is 17.2 Å². The summed E-state index contributed by atoms with van der Waals surface area (Å²) in [4.78, 5) is 7.18. The molecule has 3 rings (SSSR count). The van der Waals surface area contributed by atoms with E-state index in [0.717, 1.165) is 44.4 Å². The van der Waals surface area contributed by atoms with E-state index in [-0.39, 0.29) is 36.3 Å². The van der Waals surface area contributed by atoms with Gasteiger partial charge >= 0.3 is 0 Å². The van der Waals surface area contributed by atoms with Gasteiger partial charge in [-0.15, -0.1) is 24.0 Å². The number of nitrogens with zero attached hydrogens (tertiary/aromatic N) is 3. The van der Waals surface area contributed by atoms with Crippen molar-refractivity contribution in [1.82, 2.24) is 15.5 Å². The van der Waals surface area contributed by atoms with E-state index in [1.54, 1.807) is 6.07 Å². The van der Waals surface area contributed by atoms with Gasteiger partial charge in [-0.25, -0.2) is 9.38 Å². The van der Waals surface area contributed by atoms with Gasteiger partial charge in [0.1, 0.15) is 5.82 Å². The third kappa shape index (κ3) is 7.69. The van der Waals surface area contributed by atoms with Gasteiger partial charge in [-0.3, -0.25) is 0 Å². The molecular weight excluding hydrogens is 492 g/mol. The molecule has 2 N–H and O–H groups in total. The van der Waals surface area contributed by atoms with Crippen LogP contribution in [0.2, 0.25) is 0 Å². The van der Waals surface area contributed by atoms with E-state index in [2.05, 4.69) is 26.6 Å². The minimum atomic E-state index is -0.320. The lowest BCUT2D eigenvalue weighted by molar-refractivity contribution is 0.160. The number of nitriles is 1. The summed E-state index contributed by atoms with van der Waals surface area (Å²) in [7, 11) is 0. The maximum Gasteiger partial charge on any atom is 0.191 e. The number of piperidine rings is 1. The van der Waals surface area contributed by atoms with Crippen molar-refractivity contribution in [2.45, 2.75) is 64.5 Å². The maximum atomic E-state index is 14.0. The lowest BCUT2D eigenvalue weighted by Gasteiger charge is -2.36. The summed E-state index contributed by atoms with van der Waals surface area (Å²) in [5.41, 5.74) is 0.906. The molecule has 2 aliphatic rings. The summed E-state index contributed by atoms with van der Waals surface area (Å²) in [6, 6.07) is 6.86. The summed E-state index contributed by atoms with van der Waals surface area (Å²) in [5.74, 6) is 1.30. The number of nitrogens with one attached hydrogen (secondary N) is 2. The van der Waals surface area contributed by atoms with Gasteiger partial charge < -0.3 is 15.5 Å². The molecule has 0 unspecified atom stereocenters. The Bertz CT molecular complexity index is 719. The fraction of sp³-hybridized carbons (Fsp3) is 0.652. The zero-order chi connectivity index (χ0) is 20.5. The van der Waals surface area contributed by atoms with Crippen LogP contribution in [0, 0.1) is 23.1 Å². The predicted molar refractivity (Wildman–Crippen MR) is 131 cm³/mol. The molecular formula is C23H35FIN5. The molecule has 5 nitrogen and oxygen atoms in total. The first kappa shape index (κ1) is 24.9. The summed E-state index contributed by atoms with van der Waals surface area (Å²) < 4.78 is 14.0. The van der Waals surface area contributed by atoms with Gasteiger partial charge in [0.15, 0.2) is 5.96 Å². The predicted octanol–water partition coefficient (Wildman–Crippen LogP) is 4.42. The fourth-order valence-corrected chi connectivity index (χ4v) is 4.44. The van der Waals surface area contributed by atoms with Crippen molar-refractivity contribution in [3.63, 3.8) is 0 Å². The molecule has 2 fully saturated rings. The average molecular weight is 527 g/mol. The van der Waals surface area contributed by atoms with Crippen molar-refractivity contribution < 1.29 is 4.39 Å². The monoisotopic (exact) mass is 527 g/mol. The van der Waals surface area contributed by atoms with Crippen LogP contribution in [0.25, 0.3) is 0 Å². The number of aliphatic imine (C=N–C) groups is 1. The van der Waals surface area contributed by atoms with Crippen LogP contribution in [0.5, 0.6) is 0 Å². The van der Waals surface area contributed by atoms with Crippen LogP contribution >= 0.6 is 24.0 Å². The van der Waals surface area contributed by atoms with Crippen molar-refractivity contribution in [3.8, 4) is 6.07 Å². The maximum absolute atomic E-state index is 14.0. The van der Waals surface area contributed by atoms with Crippen molar-refractivity contribution in [2.24, 2.45) is 10.9 Å². The number of hydrogen-bond donors (Lipinski definition) is 2. The Hall–Kier alpha value is -1.40. The molecule has 1 aromatic carbocycles. The number of guanidine groups is 1. The smallest absolute Gasteiger partial charge is 0.191 e. The third-order valence-corrected chi connectivity index (χ3v) is 6.10. The lowest BCUT2D eigenvalue weighted by Crippen LogP contribution is -2.49. The van der Waals surface area contributed by atoms with E-state index in [1.165, 1.54) is 50.8 Å². The SMILES string of the molecule is CCNC(=NCc1cc(C#N)ccc1F)NC1CCN(CC2CCCCC2)CC1.I. The second-order valence-electron chi connectivity index (χ2n) is 8.34. The van der Waals surface area contributed by atoms with E-state index in [9.17, 15) is 4.39 Å². The van der Waals surface area contributed by atoms with Crippen LogP contribution in [0.3, 0.4) is 0 Å². The summed E-state index contributed by atoms with van der Waals surface area (Å²) in [6.07, 6.45) is 9.24. The highest BCUT2D eigenvalue weighted by atomic mass is 127. The Kier molecular flexibility index (Phi) is 10.9. The topological polar surface area (TPSA) is 63.5 Å². The van der Waals surface area contributed by atoms with E-state index >= 15 is 0 Å². The molecule has 0 atom stereocenters. The second kappa shape index (κ2) is 13.1. The first-order chi connectivity index (χ1) is 14.2. The number of rotatable bonds is 6. The molecule has 0 radical (unpaired) electrons. The average Bonchev–Trinajstić information content (AvgIpc) is 2.75. The van der Waals surface area contributed by atoms with Crippen LogP contribution in [-0.4, -0.2) is 43.1 Å². The van der Waals surface area contributed by atoms with Crippen LogP contribution in [-0.2, 0) is 6.54 Å². The molecule has 0 bridgehead atoms. The molecule has 1 saturated carbocycles. The van der Waals surface area contributed by atoms with Crippen molar-refractivity contribution in [3.05, 3.63) is 35.1 Å². The highest BCUT2D eigenvalue weighted by Gasteiger charge is 2.23. The molecule has 1 saturated heterocycles. The number of benzene rings is 1. The molecule has 1 aliphatic carbocycles. The molecule has 1 heterocycles. The van der Waals surface area contributed by atoms with E-state index in [1.807, 2.05) is 6.92 Å². The van der Waals surface area contributed by atoms with Crippen molar-refractivity contribution >= 4 is 29.9 Å². The Morgan fingerprint density at radius 2 is 1.93 bits per heavy atom.